The van der Waals surface area contributed by atoms with Crippen molar-refractivity contribution >= 4 is 22.6 Å². The number of ether oxygens (including phenoxy) is 1. The first-order valence-corrected chi connectivity index (χ1v) is 10.3. The number of aryl methyl sites for hydroxylation is 1. The molecule has 3 aromatic heterocycles. The maximum absolute atomic E-state index is 12.7. The predicted octanol–water partition coefficient (Wildman–Crippen LogP) is 2.71. The first-order valence-electron chi connectivity index (χ1n) is 10.3. The summed E-state index contributed by atoms with van der Waals surface area (Å²) in [5.41, 5.74) is 3.66. The lowest BCUT2D eigenvalue weighted by Gasteiger charge is -2.32. The first-order chi connectivity index (χ1) is 14.7. The van der Waals surface area contributed by atoms with Crippen molar-refractivity contribution in [3.05, 3.63) is 54.6 Å². The lowest BCUT2D eigenvalue weighted by molar-refractivity contribution is -0.133. The topological polar surface area (TPSA) is 77.5 Å². The Labute approximate surface area is 174 Å². The normalized spacial score (nSPS) is 15.2. The Hall–Kier alpha value is -3.42. The molecule has 5 rings (SSSR count). The average Bonchev–Trinajstić information content (AvgIpc) is 3.34. The summed E-state index contributed by atoms with van der Waals surface area (Å²) in [5, 5.41) is 4.45. The van der Waals surface area contributed by atoms with Crippen LogP contribution in [0.1, 0.15) is 18.5 Å². The highest BCUT2D eigenvalue weighted by Gasteiger charge is 2.24. The second kappa shape index (κ2) is 7.78. The van der Waals surface area contributed by atoms with E-state index >= 15 is 0 Å². The van der Waals surface area contributed by atoms with Crippen molar-refractivity contribution in [1.82, 2.24) is 29.0 Å². The second-order valence-corrected chi connectivity index (χ2v) is 7.85. The van der Waals surface area contributed by atoms with E-state index < -0.39 is 0 Å². The van der Waals surface area contributed by atoms with E-state index in [1.165, 1.54) is 0 Å². The van der Waals surface area contributed by atoms with Crippen LogP contribution in [0, 0.1) is 12.8 Å². The molecule has 8 nitrogen and oxygen atoms in total. The number of hydrogen-bond donors (Lipinski definition) is 0. The van der Waals surface area contributed by atoms with Crippen molar-refractivity contribution in [2.45, 2.75) is 26.3 Å². The van der Waals surface area contributed by atoms with Crippen molar-refractivity contribution in [2.75, 3.05) is 19.7 Å². The molecular formula is C22H24N6O2. The number of carbonyl (C=O) groups excluding carboxylic acids is 1. The summed E-state index contributed by atoms with van der Waals surface area (Å²) in [6.45, 7) is 4.40. The minimum absolute atomic E-state index is 0.139. The van der Waals surface area contributed by atoms with Crippen molar-refractivity contribution in [1.29, 1.82) is 0 Å². The quantitative estimate of drug-likeness (QED) is 0.511. The van der Waals surface area contributed by atoms with Gasteiger partial charge in [0, 0.05) is 19.2 Å². The minimum Gasteiger partial charge on any atom is -0.476 e. The summed E-state index contributed by atoms with van der Waals surface area (Å²) >= 11 is 0. The molecule has 30 heavy (non-hydrogen) atoms. The van der Waals surface area contributed by atoms with E-state index in [0.717, 1.165) is 48.3 Å². The third-order valence-corrected chi connectivity index (χ3v) is 5.68. The van der Waals surface area contributed by atoms with Crippen LogP contribution in [0.3, 0.4) is 0 Å². The number of para-hydroxylation sites is 2. The molecule has 0 atom stereocenters. The number of benzene rings is 1. The van der Waals surface area contributed by atoms with Gasteiger partial charge in [-0.3, -0.25) is 4.79 Å². The summed E-state index contributed by atoms with van der Waals surface area (Å²) < 4.78 is 9.58. The van der Waals surface area contributed by atoms with Gasteiger partial charge in [-0.2, -0.15) is 0 Å². The Balaban J connectivity index is 1.13. The van der Waals surface area contributed by atoms with Gasteiger partial charge in [0.2, 0.25) is 11.8 Å². The maximum atomic E-state index is 12.7. The zero-order chi connectivity index (χ0) is 20.5. The van der Waals surface area contributed by atoms with Crippen LogP contribution < -0.4 is 4.74 Å². The van der Waals surface area contributed by atoms with Crippen molar-refractivity contribution < 1.29 is 9.53 Å². The molecule has 0 aliphatic carbocycles. The molecule has 0 N–H and O–H groups in total. The Bertz CT molecular complexity index is 1190. The molecule has 4 aromatic rings. The van der Waals surface area contributed by atoms with Gasteiger partial charge in [-0.1, -0.05) is 12.1 Å². The number of piperidine rings is 1. The van der Waals surface area contributed by atoms with Gasteiger partial charge in [0.1, 0.15) is 6.54 Å². The molecule has 1 fully saturated rings. The SMILES string of the molecule is Cc1cn2nc(OCC3CCN(C(=O)Cn4cnc5ccccc54)CC3)ccc2n1. The highest BCUT2D eigenvalue weighted by Crippen LogP contribution is 2.20. The van der Waals surface area contributed by atoms with E-state index in [1.54, 1.807) is 10.8 Å². The van der Waals surface area contributed by atoms with Crippen LogP contribution in [-0.4, -0.2) is 54.7 Å². The number of aromatic nitrogens is 5. The number of hydrogen-bond acceptors (Lipinski definition) is 5. The van der Waals surface area contributed by atoms with E-state index in [9.17, 15) is 4.79 Å². The molecule has 8 heteroatoms. The Morgan fingerprint density at radius 1 is 1.17 bits per heavy atom. The fourth-order valence-electron chi connectivity index (χ4n) is 3.99. The second-order valence-electron chi connectivity index (χ2n) is 7.85. The first kappa shape index (κ1) is 18.6. The lowest BCUT2D eigenvalue weighted by atomic mass is 9.98. The average molecular weight is 404 g/mol. The summed E-state index contributed by atoms with van der Waals surface area (Å²) in [7, 11) is 0. The summed E-state index contributed by atoms with van der Waals surface area (Å²) in [5.74, 6) is 1.16. The standard InChI is InChI=1S/C22H24N6O2/c1-16-12-28-20(24-16)6-7-21(25-28)30-14-17-8-10-26(11-9-17)22(29)13-27-15-23-18-4-2-3-5-19(18)27/h2-7,12,15,17H,8-11,13-14H2,1H3. The monoisotopic (exact) mass is 404 g/mol. The molecule has 4 heterocycles. The molecule has 1 aliphatic heterocycles. The molecule has 0 saturated carbocycles. The van der Waals surface area contributed by atoms with Crippen LogP contribution in [0.5, 0.6) is 5.88 Å². The molecule has 0 unspecified atom stereocenters. The van der Waals surface area contributed by atoms with E-state index in [-0.39, 0.29) is 5.91 Å². The Morgan fingerprint density at radius 3 is 2.87 bits per heavy atom. The fraction of sp³-hybridized carbons (Fsp3) is 0.364. The molecule has 1 saturated heterocycles. The van der Waals surface area contributed by atoms with Crippen LogP contribution in [0.2, 0.25) is 0 Å². The van der Waals surface area contributed by atoms with Gasteiger partial charge in [-0.05, 0) is 43.9 Å². The van der Waals surface area contributed by atoms with E-state index in [4.69, 9.17) is 4.74 Å². The number of carbonyl (C=O) groups is 1. The van der Waals surface area contributed by atoms with Gasteiger partial charge < -0.3 is 14.2 Å². The highest BCUT2D eigenvalue weighted by molar-refractivity contribution is 5.80. The van der Waals surface area contributed by atoms with Crippen LogP contribution in [0.15, 0.2) is 48.9 Å². The molecule has 0 spiro atoms. The van der Waals surface area contributed by atoms with Crippen LogP contribution in [0.25, 0.3) is 16.7 Å². The lowest BCUT2D eigenvalue weighted by Crippen LogP contribution is -2.41. The molecule has 1 aromatic carbocycles. The van der Waals surface area contributed by atoms with Crippen LogP contribution in [-0.2, 0) is 11.3 Å². The number of nitrogens with zero attached hydrogens (tertiary/aromatic N) is 6. The zero-order valence-corrected chi connectivity index (χ0v) is 16.9. The Morgan fingerprint density at radius 2 is 2.00 bits per heavy atom. The smallest absolute Gasteiger partial charge is 0.242 e. The molecule has 154 valence electrons. The highest BCUT2D eigenvalue weighted by atomic mass is 16.5. The van der Waals surface area contributed by atoms with Gasteiger partial charge in [0.05, 0.1) is 35.9 Å². The van der Waals surface area contributed by atoms with Gasteiger partial charge in [-0.25, -0.2) is 14.5 Å². The molecule has 1 aliphatic rings. The number of likely N-dealkylation sites (tertiary alicyclic amines) is 1. The van der Waals surface area contributed by atoms with E-state index in [0.29, 0.717) is 24.9 Å². The van der Waals surface area contributed by atoms with Crippen molar-refractivity contribution in [3.63, 3.8) is 0 Å². The third kappa shape index (κ3) is 3.72. The number of amides is 1. The number of imidazole rings is 2. The van der Waals surface area contributed by atoms with Crippen molar-refractivity contribution in [2.24, 2.45) is 5.92 Å². The number of rotatable bonds is 5. The van der Waals surface area contributed by atoms with E-state index in [1.807, 2.05) is 59.0 Å². The van der Waals surface area contributed by atoms with Gasteiger partial charge in [0.15, 0.2) is 5.65 Å². The molecule has 1 amide bonds. The molecule has 0 bridgehead atoms. The van der Waals surface area contributed by atoms with E-state index in [2.05, 4.69) is 15.1 Å². The van der Waals surface area contributed by atoms with Gasteiger partial charge in [-0.15, -0.1) is 5.10 Å². The van der Waals surface area contributed by atoms with Gasteiger partial charge in [0.25, 0.3) is 0 Å². The summed E-state index contributed by atoms with van der Waals surface area (Å²) in [6.07, 6.45) is 5.50. The third-order valence-electron chi connectivity index (χ3n) is 5.68. The molecular weight excluding hydrogens is 380 g/mol. The van der Waals surface area contributed by atoms with Crippen molar-refractivity contribution in [3.8, 4) is 5.88 Å². The maximum Gasteiger partial charge on any atom is 0.242 e. The fourth-order valence-corrected chi connectivity index (χ4v) is 3.99. The van der Waals surface area contributed by atoms with Gasteiger partial charge >= 0.3 is 0 Å². The number of fused-ring (bicyclic) bond motifs is 2. The minimum atomic E-state index is 0.139. The zero-order valence-electron chi connectivity index (χ0n) is 16.9. The molecule has 0 radical (unpaired) electrons. The summed E-state index contributed by atoms with van der Waals surface area (Å²) in [4.78, 5) is 23.4. The largest absolute Gasteiger partial charge is 0.476 e. The predicted molar refractivity (Wildman–Crippen MR) is 112 cm³/mol. The Kier molecular flexibility index (Phi) is 4.82. The van der Waals surface area contributed by atoms with Crippen LogP contribution >= 0.6 is 0 Å². The summed E-state index contributed by atoms with van der Waals surface area (Å²) in [6, 6.07) is 11.7. The van der Waals surface area contributed by atoms with Crippen LogP contribution in [0.4, 0.5) is 0 Å².